The van der Waals surface area contributed by atoms with Crippen molar-refractivity contribution in [2.45, 2.75) is 26.8 Å². The number of carbonyl (C=O) groups excluding carboxylic acids is 1. The first-order valence-electron chi connectivity index (χ1n) is 5.31. The molecule has 0 aliphatic carbocycles. The second kappa shape index (κ2) is 4.99. The van der Waals surface area contributed by atoms with Crippen LogP contribution in [-0.4, -0.2) is 23.9 Å². The van der Waals surface area contributed by atoms with Crippen molar-refractivity contribution in [3.63, 3.8) is 0 Å². The van der Waals surface area contributed by atoms with Gasteiger partial charge >= 0.3 is 0 Å². The summed E-state index contributed by atoms with van der Waals surface area (Å²) in [5.74, 6) is 5.37. The van der Waals surface area contributed by atoms with Gasteiger partial charge in [0, 0.05) is 18.7 Å². The average molecular weight is 221 g/mol. The highest BCUT2D eigenvalue weighted by Crippen LogP contribution is 2.16. The Hall–Kier alpha value is -1.55. The summed E-state index contributed by atoms with van der Waals surface area (Å²) in [7, 11) is 1.80. The second-order valence-electron chi connectivity index (χ2n) is 4.18. The lowest BCUT2D eigenvalue weighted by atomic mass is 10.1. The number of hydrazine groups is 1. The number of rotatable bonds is 3. The summed E-state index contributed by atoms with van der Waals surface area (Å²) in [5.41, 5.74) is 5.08. The molecule has 4 heteroatoms. The highest BCUT2D eigenvalue weighted by atomic mass is 16.2. The van der Waals surface area contributed by atoms with E-state index in [2.05, 4.69) is 5.43 Å². The fourth-order valence-electron chi connectivity index (χ4n) is 1.40. The summed E-state index contributed by atoms with van der Waals surface area (Å²) in [6.07, 6.45) is 0. The molecule has 1 amide bonds. The minimum absolute atomic E-state index is 0.0293. The van der Waals surface area contributed by atoms with Gasteiger partial charge in [-0.15, -0.1) is 0 Å². The van der Waals surface area contributed by atoms with Gasteiger partial charge in [-0.2, -0.15) is 0 Å². The predicted octanol–water partition coefficient (Wildman–Crippen LogP) is 1.76. The summed E-state index contributed by atoms with van der Waals surface area (Å²) >= 11 is 0. The van der Waals surface area contributed by atoms with E-state index in [0.29, 0.717) is 5.56 Å². The number of hydrogen-bond donors (Lipinski definition) is 2. The normalized spacial score (nSPS) is 10.4. The van der Waals surface area contributed by atoms with Crippen LogP contribution in [0.5, 0.6) is 0 Å². The molecule has 0 heterocycles. The van der Waals surface area contributed by atoms with E-state index in [4.69, 9.17) is 5.84 Å². The van der Waals surface area contributed by atoms with Crippen LogP contribution in [0.4, 0.5) is 5.69 Å². The molecule has 1 aromatic rings. The zero-order valence-electron chi connectivity index (χ0n) is 10.2. The largest absolute Gasteiger partial charge is 0.339 e. The molecule has 16 heavy (non-hydrogen) atoms. The topological polar surface area (TPSA) is 58.4 Å². The van der Waals surface area contributed by atoms with Gasteiger partial charge in [-0.3, -0.25) is 10.6 Å². The molecule has 1 rings (SSSR count). The van der Waals surface area contributed by atoms with Gasteiger partial charge in [0.1, 0.15) is 0 Å². The Morgan fingerprint density at radius 1 is 1.44 bits per heavy atom. The summed E-state index contributed by atoms with van der Waals surface area (Å²) in [6, 6.07) is 5.64. The third-order valence-corrected chi connectivity index (χ3v) is 2.72. The maximum absolute atomic E-state index is 12.0. The molecule has 88 valence electrons. The van der Waals surface area contributed by atoms with Crippen LogP contribution < -0.4 is 11.3 Å². The van der Waals surface area contributed by atoms with Gasteiger partial charge in [0.2, 0.25) is 0 Å². The molecule has 3 N–H and O–H groups in total. The van der Waals surface area contributed by atoms with Crippen molar-refractivity contribution < 1.29 is 4.79 Å². The first-order chi connectivity index (χ1) is 7.47. The number of nitrogens with zero attached hydrogens (tertiary/aromatic N) is 1. The van der Waals surface area contributed by atoms with Crippen LogP contribution >= 0.6 is 0 Å². The van der Waals surface area contributed by atoms with Crippen molar-refractivity contribution in [1.82, 2.24) is 4.90 Å². The van der Waals surface area contributed by atoms with E-state index in [1.54, 1.807) is 18.0 Å². The molecule has 0 spiro atoms. The molecule has 0 unspecified atom stereocenters. The van der Waals surface area contributed by atoms with Gasteiger partial charge in [-0.1, -0.05) is 0 Å². The monoisotopic (exact) mass is 221 g/mol. The molecule has 0 atom stereocenters. The molecule has 4 nitrogen and oxygen atoms in total. The van der Waals surface area contributed by atoms with Crippen molar-refractivity contribution in [2.75, 3.05) is 12.5 Å². The lowest BCUT2D eigenvalue weighted by Gasteiger charge is -2.21. The molecule has 0 aromatic heterocycles. The second-order valence-corrected chi connectivity index (χ2v) is 4.18. The maximum atomic E-state index is 12.0. The minimum Gasteiger partial charge on any atom is -0.339 e. The molecule has 0 aliphatic rings. The fourth-order valence-corrected chi connectivity index (χ4v) is 1.40. The van der Waals surface area contributed by atoms with E-state index in [1.807, 2.05) is 32.9 Å². The van der Waals surface area contributed by atoms with Crippen LogP contribution in [0.15, 0.2) is 18.2 Å². The van der Waals surface area contributed by atoms with E-state index in [0.717, 1.165) is 11.3 Å². The van der Waals surface area contributed by atoms with Crippen molar-refractivity contribution in [3.05, 3.63) is 29.3 Å². The zero-order valence-corrected chi connectivity index (χ0v) is 10.2. The summed E-state index contributed by atoms with van der Waals surface area (Å²) in [4.78, 5) is 13.7. The van der Waals surface area contributed by atoms with Crippen LogP contribution in [0.25, 0.3) is 0 Å². The summed E-state index contributed by atoms with van der Waals surface area (Å²) < 4.78 is 0. The Kier molecular flexibility index (Phi) is 3.90. The first kappa shape index (κ1) is 12.5. The number of nitrogens with one attached hydrogen (secondary N) is 1. The number of carbonyl (C=O) groups is 1. The van der Waals surface area contributed by atoms with Crippen LogP contribution in [0.1, 0.15) is 29.8 Å². The average Bonchev–Trinajstić information content (AvgIpc) is 2.26. The molecule has 1 aromatic carbocycles. The first-order valence-corrected chi connectivity index (χ1v) is 5.31. The molecular weight excluding hydrogens is 202 g/mol. The lowest BCUT2D eigenvalue weighted by molar-refractivity contribution is 0.0755. The molecular formula is C12H19N3O. The highest BCUT2D eigenvalue weighted by Gasteiger charge is 2.14. The van der Waals surface area contributed by atoms with Crippen LogP contribution in [0.3, 0.4) is 0 Å². The van der Waals surface area contributed by atoms with Crippen molar-refractivity contribution in [3.8, 4) is 0 Å². The third-order valence-electron chi connectivity index (χ3n) is 2.72. The smallest absolute Gasteiger partial charge is 0.253 e. The van der Waals surface area contributed by atoms with E-state index in [-0.39, 0.29) is 11.9 Å². The van der Waals surface area contributed by atoms with Gasteiger partial charge in [0.05, 0.1) is 5.69 Å². The number of nitrogens with two attached hydrogens (primary N) is 1. The number of amides is 1. The van der Waals surface area contributed by atoms with Crippen molar-refractivity contribution in [2.24, 2.45) is 5.84 Å². The van der Waals surface area contributed by atoms with Gasteiger partial charge in [-0.25, -0.2) is 0 Å². The van der Waals surface area contributed by atoms with Crippen LogP contribution in [0.2, 0.25) is 0 Å². The number of aryl methyl sites for hydroxylation is 1. The minimum atomic E-state index is 0.0293. The number of benzene rings is 1. The van der Waals surface area contributed by atoms with Gasteiger partial charge < -0.3 is 10.3 Å². The maximum Gasteiger partial charge on any atom is 0.253 e. The zero-order chi connectivity index (χ0) is 12.3. The molecule has 0 radical (unpaired) electrons. The molecule has 0 fully saturated rings. The number of hydrogen-bond acceptors (Lipinski definition) is 3. The standard InChI is InChI=1S/C12H19N3O/c1-8(2)15(4)12(16)10-5-6-11(14-13)9(3)7-10/h5-8,14H,13H2,1-4H3. The van der Waals surface area contributed by atoms with E-state index in [1.165, 1.54) is 0 Å². The van der Waals surface area contributed by atoms with Gasteiger partial charge in [-0.05, 0) is 44.5 Å². The van der Waals surface area contributed by atoms with E-state index < -0.39 is 0 Å². The van der Waals surface area contributed by atoms with Crippen LogP contribution in [0, 0.1) is 6.92 Å². The number of anilines is 1. The molecule has 0 saturated heterocycles. The molecule has 0 saturated carbocycles. The van der Waals surface area contributed by atoms with Gasteiger partial charge in [0.25, 0.3) is 5.91 Å². The third kappa shape index (κ3) is 2.52. The lowest BCUT2D eigenvalue weighted by Crippen LogP contribution is -2.33. The predicted molar refractivity (Wildman–Crippen MR) is 66.2 cm³/mol. The fraction of sp³-hybridized carbons (Fsp3) is 0.417. The van der Waals surface area contributed by atoms with Crippen molar-refractivity contribution >= 4 is 11.6 Å². The summed E-state index contributed by atoms with van der Waals surface area (Å²) in [5, 5.41) is 0. The Morgan fingerprint density at radius 2 is 2.06 bits per heavy atom. The Labute approximate surface area is 96.4 Å². The Balaban J connectivity index is 2.97. The molecule has 0 bridgehead atoms. The van der Waals surface area contributed by atoms with E-state index >= 15 is 0 Å². The van der Waals surface area contributed by atoms with Gasteiger partial charge in [0.15, 0.2) is 0 Å². The quantitative estimate of drug-likeness (QED) is 0.604. The Bertz CT molecular complexity index is 388. The van der Waals surface area contributed by atoms with Crippen molar-refractivity contribution in [1.29, 1.82) is 0 Å². The SMILES string of the molecule is Cc1cc(C(=O)N(C)C(C)C)ccc1NN. The Morgan fingerprint density at radius 3 is 2.50 bits per heavy atom. The molecule has 0 aliphatic heterocycles. The van der Waals surface area contributed by atoms with Crippen LogP contribution in [-0.2, 0) is 0 Å². The summed E-state index contributed by atoms with van der Waals surface area (Å²) in [6.45, 7) is 5.89. The van der Waals surface area contributed by atoms with E-state index in [9.17, 15) is 4.79 Å². The number of nitrogen functional groups attached to an aromatic ring is 1. The highest BCUT2D eigenvalue weighted by molar-refractivity contribution is 5.94.